The quantitative estimate of drug-likeness (QED) is 0.443. The van der Waals surface area contributed by atoms with E-state index in [0.717, 1.165) is 12.8 Å². The van der Waals surface area contributed by atoms with Gasteiger partial charge in [0.2, 0.25) is 0 Å². The summed E-state index contributed by atoms with van der Waals surface area (Å²) in [6, 6.07) is 0. The van der Waals surface area contributed by atoms with E-state index < -0.39 is 5.97 Å². The number of ether oxygens (including phenoxy) is 2. The van der Waals surface area contributed by atoms with Gasteiger partial charge in [0, 0.05) is 13.2 Å². The molecule has 0 aromatic rings. The highest BCUT2D eigenvalue weighted by molar-refractivity contribution is 5.67. The molecule has 0 unspecified atom stereocenters. The van der Waals surface area contributed by atoms with Crippen LogP contribution in [-0.2, 0) is 14.3 Å². The van der Waals surface area contributed by atoms with Gasteiger partial charge in [-0.05, 0) is 12.8 Å². The highest BCUT2D eigenvalue weighted by Gasteiger charge is 1.95. The van der Waals surface area contributed by atoms with Crippen LogP contribution in [0.25, 0.3) is 0 Å². The molecular formula is C9H14O4. The van der Waals surface area contributed by atoms with Crippen LogP contribution in [0.5, 0.6) is 0 Å². The van der Waals surface area contributed by atoms with Crippen LogP contribution in [0.1, 0.15) is 12.8 Å². The van der Waals surface area contributed by atoms with Gasteiger partial charge in [0.05, 0.1) is 0 Å². The summed E-state index contributed by atoms with van der Waals surface area (Å²) in [5.41, 5.74) is 0. The van der Waals surface area contributed by atoms with E-state index in [1.807, 2.05) is 0 Å². The number of aliphatic carboxylic acids is 1. The normalized spacial score (nSPS) is 9.46. The summed E-state index contributed by atoms with van der Waals surface area (Å²) < 4.78 is 9.81. The minimum absolute atomic E-state index is 0.231. The fourth-order valence-electron chi connectivity index (χ4n) is 0.699. The summed E-state index contributed by atoms with van der Waals surface area (Å²) in [5, 5.41) is 8.21. The van der Waals surface area contributed by atoms with Crippen LogP contribution in [0.15, 0.2) is 0 Å². The summed E-state index contributed by atoms with van der Waals surface area (Å²) in [7, 11) is 0. The molecule has 0 fully saturated rings. The third-order valence-electron chi connectivity index (χ3n) is 1.24. The number of hydrogen-bond acceptors (Lipinski definition) is 3. The van der Waals surface area contributed by atoms with Crippen molar-refractivity contribution in [3.05, 3.63) is 0 Å². The predicted molar refractivity (Wildman–Crippen MR) is 47.3 cm³/mol. The molecule has 74 valence electrons. The molecule has 4 heteroatoms. The van der Waals surface area contributed by atoms with E-state index >= 15 is 0 Å². The molecule has 0 atom stereocenters. The third-order valence-corrected chi connectivity index (χ3v) is 1.24. The Morgan fingerprint density at radius 3 is 2.46 bits per heavy atom. The molecule has 0 aliphatic heterocycles. The lowest BCUT2D eigenvalue weighted by Crippen LogP contribution is -2.08. The minimum Gasteiger partial charge on any atom is -0.480 e. The number of carboxylic acid groups (broad SMARTS) is 1. The van der Waals surface area contributed by atoms with Crippen LogP contribution >= 0.6 is 0 Å². The smallest absolute Gasteiger partial charge is 0.329 e. The van der Waals surface area contributed by atoms with Gasteiger partial charge in [-0.2, -0.15) is 0 Å². The van der Waals surface area contributed by atoms with Gasteiger partial charge < -0.3 is 14.6 Å². The molecule has 0 spiro atoms. The summed E-state index contributed by atoms with van der Waals surface area (Å²) in [6.07, 6.45) is 6.58. The fourth-order valence-corrected chi connectivity index (χ4v) is 0.699. The number of carbonyl (C=O) groups is 1. The molecule has 0 aliphatic carbocycles. The Balaban J connectivity index is 2.92. The molecule has 0 saturated heterocycles. The maximum absolute atomic E-state index is 10.0. The van der Waals surface area contributed by atoms with Crippen LogP contribution in [0.2, 0.25) is 0 Å². The molecule has 4 nitrogen and oxygen atoms in total. The summed E-state index contributed by atoms with van der Waals surface area (Å²) >= 11 is 0. The monoisotopic (exact) mass is 186 g/mol. The largest absolute Gasteiger partial charge is 0.480 e. The summed E-state index contributed by atoms with van der Waals surface area (Å²) in [4.78, 5) is 10.0. The van der Waals surface area contributed by atoms with Gasteiger partial charge in [0.25, 0.3) is 0 Å². The SMILES string of the molecule is C#CCOCCCCOCC(=O)O. The van der Waals surface area contributed by atoms with Crippen molar-refractivity contribution in [2.45, 2.75) is 12.8 Å². The van der Waals surface area contributed by atoms with Crippen LogP contribution < -0.4 is 0 Å². The minimum atomic E-state index is -0.941. The molecule has 0 aromatic heterocycles. The molecule has 0 radical (unpaired) electrons. The molecule has 0 bridgehead atoms. The maximum atomic E-state index is 10.0. The van der Waals surface area contributed by atoms with Gasteiger partial charge in [-0.1, -0.05) is 5.92 Å². The van der Waals surface area contributed by atoms with Gasteiger partial charge in [-0.15, -0.1) is 6.42 Å². The number of rotatable bonds is 8. The van der Waals surface area contributed by atoms with Crippen molar-refractivity contribution in [1.29, 1.82) is 0 Å². The zero-order valence-electron chi connectivity index (χ0n) is 7.49. The van der Waals surface area contributed by atoms with E-state index in [9.17, 15) is 4.79 Å². The lowest BCUT2D eigenvalue weighted by Gasteiger charge is -2.01. The predicted octanol–water partition coefficient (Wildman–Crippen LogP) is 0.518. The topological polar surface area (TPSA) is 55.8 Å². The van der Waals surface area contributed by atoms with Gasteiger partial charge in [-0.25, -0.2) is 4.79 Å². The highest BCUT2D eigenvalue weighted by Crippen LogP contribution is 1.91. The lowest BCUT2D eigenvalue weighted by molar-refractivity contribution is -0.142. The highest BCUT2D eigenvalue weighted by atomic mass is 16.5. The molecule has 0 heterocycles. The number of carboxylic acids is 1. The second kappa shape index (κ2) is 9.04. The maximum Gasteiger partial charge on any atom is 0.329 e. The molecular weight excluding hydrogens is 172 g/mol. The molecule has 13 heavy (non-hydrogen) atoms. The van der Waals surface area contributed by atoms with Crippen LogP contribution in [0, 0.1) is 12.3 Å². The van der Waals surface area contributed by atoms with Gasteiger partial charge >= 0.3 is 5.97 Å². The standard InChI is InChI=1S/C9H14O4/c1-2-5-12-6-3-4-7-13-8-9(10)11/h1H,3-8H2,(H,10,11). The second-order valence-electron chi connectivity index (χ2n) is 2.41. The van der Waals surface area contributed by atoms with E-state index in [1.54, 1.807) is 0 Å². The number of hydrogen-bond donors (Lipinski definition) is 1. The first-order valence-corrected chi connectivity index (χ1v) is 4.08. The first-order chi connectivity index (χ1) is 6.27. The Hall–Kier alpha value is -1.05. The second-order valence-corrected chi connectivity index (χ2v) is 2.41. The first-order valence-electron chi connectivity index (χ1n) is 4.08. The molecule has 1 N–H and O–H groups in total. The summed E-state index contributed by atoms with van der Waals surface area (Å²) in [5.74, 6) is 1.41. The third kappa shape index (κ3) is 10.9. The molecule has 0 aromatic carbocycles. The van der Waals surface area contributed by atoms with Crippen molar-refractivity contribution in [1.82, 2.24) is 0 Å². The molecule has 0 saturated carbocycles. The van der Waals surface area contributed by atoms with Gasteiger partial charge in [0.15, 0.2) is 0 Å². The average molecular weight is 186 g/mol. The molecule has 0 amide bonds. The van der Waals surface area contributed by atoms with Crippen LogP contribution in [0.4, 0.5) is 0 Å². The van der Waals surface area contributed by atoms with Crippen LogP contribution in [-0.4, -0.2) is 37.5 Å². The Bertz CT molecular complexity index is 171. The fraction of sp³-hybridized carbons (Fsp3) is 0.667. The van der Waals surface area contributed by atoms with E-state index in [2.05, 4.69) is 5.92 Å². The summed E-state index contributed by atoms with van der Waals surface area (Å²) in [6.45, 7) is 1.15. The van der Waals surface area contributed by atoms with E-state index in [0.29, 0.717) is 19.8 Å². The van der Waals surface area contributed by atoms with Gasteiger partial charge in [-0.3, -0.25) is 0 Å². The molecule has 0 rings (SSSR count). The van der Waals surface area contributed by atoms with E-state index in [1.165, 1.54) is 0 Å². The van der Waals surface area contributed by atoms with Crippen molar-refractivity contribution in [3.63, 3.8) is 0 Å². The Kier molecular flexibility index (Phi) is 8.31. The van der Waals surface area contributed by atoms with Crippen molar-refractivity contribution in [2.24, 2.45) is 0 Å². The lowest BCUT2D eigenvalue weighted by atomic mass is 10.3. The number of terminal acetylenes is 1. The van der Waals surface area contributed by atoms with Crippen LogP contribution in [0.3, 0.4) is 0 Å². The molecule has 0 aliphatic rings. The van der Waals surface area contributed by atoms with Gasteiger partial charge in [0.1, 0.15) is 13.2 Å². The average Bonchev–Trinajstić information content (AvgIpc) is 2.09. The van der Waals surface area contributed by atoms with Crippen molar-refractivity contribution < 1.29 is 19.4 Å². The van der Waals surface area contributed by atoms with Crippen molar-refractivity contribution in [3.8, 4) is 12.3 Å². The van der Waals surface area contributed by atoms with E-state index in [4.69, 9.17) is 21.0 Å². The first kappa shape index (κ1) is 11.9. The van der Waals surface area contributed by atoms with E-state index in [-0.39, 0.29) is 6.61 Å². The Labute approximate surface area is 77.8 Å². The van der Waals surface area contributed by atoms with Crippen molar-refractivity contribution in [2.75, 3.05) is 26.4 Å². The van der Waals surface area contributed by atoms with Crippen molar-refractivity contribution >= 4 is 5.97 Å². The number of unbranched alkanes of at least 4 members (excludes halogenated alkanes) is 1. The zero-order valence-corrected chi connectivity index (χ0v) is 7.49. The Morgan fingerprint density at radius 2 is 1.92 bits per heavy atom. The Morgan fingerprint density at radius 1 is 1.31 bits per heavy atom. The zero-order chi connectivity index (χ0) is 9.94.